The molecule has 0 atom stereocenters. The molecule has 0 radical (unpaired) electrons. The van der Waals surface area contributed by atoms with E-state index in [0.717, 1.165) is 42.4 Å². The molecule has 0 unspecified atom stereocenters. The molecule has 1 aromatic heterocycles. The van der Waals surface area contributed by atoms with Gasteiger partial charge in [0, 0.05) is 18.4 Å². The van der Waals surface area contributed by atoms with E-state index in [1.165, 1.54) is 11.1 Å². The van der Waals surface area contributed by atoms with Crippen LogP contribution in [0.4, 0.5) is 11.5 Å². The van der Waals surface area contributed by atoms with Crippen molar-refractivity contribution in [2.45, 2.75) is 26.8 Å². The second kappa shape index (κ2) is 4.97. The Morgan fingerprint density at radius 3 is 3.05 bits per heavy atom. The molecule has 0 spiro atoms. The van der Waals surface area contributed by atoms with Crippen LogP contribution >= 0.6 is 0 Å². The Hall–Kier alpha value is -1.94. The summed E-state index contributed by atoms with van der Waals surface area (Å²) in [6.07, 6.45) is 2.85. The van der Waals surface area contributed by atoms with Crippen molar-refractivity contribution in [3.63, 3.8) is 0 Å². The van der Waals surface area contributed by atoms with Gasteiger partial charge in [0.1, 0.15) is 0 Å². The molecule has 2 N–H and O–H groups in total. The Morgan fingerprint density at radius 2 is 2.16 bits per heavy atom. The number of hydrogen-bond acceptors (Lipinski definition) is 4. The summed E-state index contributed by atoms with van der Waals surface area (Å²) in [6.45, 7) is 5.92. The van der Waals surface area contributed by atoms with Crippen LogP contribution in [0.3, 0.4) is 0 Å². The standard InChI is InChI=1S/C15H18N4/c1-10-8-17-11(2)15(18-10)19-14-5-3-4-12-9-16-7-6-13(12)14/h3-5,8,16H,6-7,9H2,1-2H3,(H,18,19). The summed E-state index contributed by atoms with van der Waals surface area (Å²) in [4.78, 5) is 8.88. The zero-order valence-corrected chi connectivity index (χ0v) is 11.3. The van der Waals surface area contributed by atoms with Crippen LogP contribution in [0.5, 0.6) is 0 Å². The highest BCUT2D eigenvalue weighted by atomic mass is 15.0. The van der Waals surface area contributed by atoms with E-state index < -0.39 is 0 Å². The largest absolute Gasteiger partial charge is 0.338 e. The van der Waals surface area contributed by atoms with E-state index in [0.29, 0.717) is 0 Å². The first-order chi connectivity index (χ1) is 9.24. The van der Waals surface area contributed by atoms with Crippen LogP contribution in [0.15, 0.2) is 24.4 Å². The van der Waals surface area contributed by atoms with Crippen LogP contribution in [0.2, 0.25) is 0 Å². The van der Waals surface area contributed by atoms with E-state index in [-0.39, 0.29) is 0 Å². The predicted molar refractivity (Wildman–Crippen MR) is 76.6 cm³/mol. The molecule has 0 bridgehead atoms. The normalized spacial score (nSPS) is 14.0. The number of hydrogen-bond donors (Lipinski definition) is 2. The summed E-state index contributed by atoms with van der Waals surface area (Å²) < 4.78 is 0. The molecule has 2 heterocycles. The summed E-state index contributed by atoms with van der Waals surface area (Å²) in [5, 5.41) is 6.84. The van der Waals surface area contributed by atoms with Crippen LogP contribution in [0.1, 0.15) is 22.5 Å². The van der Waals surface area contributed by atoms with Crippen molar-refractivity contribution < 1.29 is 0 Å². The third-order valence-electron chi connectivity index (χ3n) is 3.47. The highest BCUT2D eigenvalue weighted by Crippen LogP contribution is 2.26. The van der Waals surface area contributed by atoms with Crippen molar-refractivity contribution in [1.29, 1.82) is 0 Å². The fourth-order valence-electron chi connectivity index (χ4n) is 2.43. The van der Waals surface area contributed by atoms with Crippen molar-refractivity contribution in [2.24, 2.45) is 0 Å². The Labute approximate surface area is 113 Å². The first-order valence-electron chi connectivity index (χ1n) is 6.63. The maximum absolute atomic E-state index is 4.53. The number of rotatable bonds is 2. The molecule has 0 aliphatic carbocycles. The highest BCUT2D eigenvalue weighted by Gasteiger charge is 2.13. The lowest BCUT2D eigenvalue weighted by atomic mass is 9.99. The van der Waals surface area contributed by atoms with E-state index >= 15 is 0 Å². The second-order valence-corrected chi connectivity index (χ2v) is 4.94. The van der Waals surface area contributed by atoms with Gasteiger partial charge in [-0.3, -0.25) is 4.98 Å². The fourth-order valence-corrected chi connectivity index (χ4v) is 2.43. The van der Waals surface area contributed by atoms with Gasteiger partial charge in [-0.25, -0.2) is 4.98 Å². The molecular formula is C15H18N4. The van der Waals surface area contributed by atoms with Gasteiger partial charge < -0.3 is 10.6 Å². The van der Waals surface area contributed by atoms with Crippen molar-refractivity contribution >= 4 is 11.5 Å². The number of nitrogens with zero attached hydrogens (tertiary/aromatic N) is 2. The maximum atomic E-state index is 4.53. The van der Waals surface area contributed by atoms with E-state index in [2.05, 4.69) is 38.8 Å². The first-order valence-corrected chi connectivity index (χ1v) is 6.63. The van der Waals surface area contributed by atoms with Gasteiger partial charge in [-0.15, -0.1) is 0 Å². The van der Waals surface area contributed by atoms with Gasteiger partial charge in [-0.2, -0.15) is 0 Å². The minimum atomic E-state index is 0.854. The molecule has 0 saturated carbocycles. The molecule has 1 aliphatic rings. The van der Waals surface area contributed by atoms with E-state index in [1.807, 2.05) is 13.8 Å². The molecule has 2 aromatic rings. The van der Waals surface area contributed by atoms with Gasteiger partial charge in [0.25, 0.3) is 0 Å². The average Bonchev–Trinajstić information content (AvgIpc) is 2.43. The van der Waals surface area contributed by atoms with E-state index in [9.17, 15) is 0 Å². The summed E-state index contributed by atoms with van der Waals surface area (Å²) in [6, 6.07) is 6.39. The molecule has 3 rings (SSSR count). The molecule has 4 nitrogen and oxygen atoms in total. The number of aromatic nitrogens is 2. The third-order valence-corrected chi connectivity index (χ3v) is 3.47. The smallest absolute Gasteiger partial charge is 0.152 e. The van der Waals surface area contributed by atoms with Crippen molar-refractivity contribution in [1.82, 2.24) is 15.3 Å². The van der Waals surface area contributed by atoms with E-state index in [1.54, 1.807) is 6.20 Å². The molecule has 0 saturated heterocycles. The zero-order chi connectivity index (χ0) is 13.2. The Kier molecular flexibility index (Phi) is 3.17. The lowest BCUT2D eigenvalue weighted by molar-refractivity contribution is 0.645. The minimum absolute atomic E-state index is 0.854. The quantitative estimate of drug-likeness (QED) is 0.864. The molecule has 0 amide bonds. The number of anilines is 2. The lowest BCUT2D eigenvalue weighted by Crippen LogP contribution is -2.24. The van der Waals surface area contributed by atoms with Gasteiger partial charge in [0.15, 0.2) is 5.82 Å². The second-order valence-electron chi connectivity index (χ2n) is 4.94. The zero-order valence-electron chi connectivity index (χ0n) is 11.3. The summed E-state index contributed by atoms with van der Waals surface area (Å²) in [5.41, 5.74) is 5.78. The van der Waals surface area contributed by atoms with Crippen LogP contribution in [-0.4, -0.2) is 16.5 Å². The highest BCUT2D eigenvalue weighted by molar-refractivity contribution is 5.64. The van der Waals surface area contributed by atoms with Gasteiger partial charge in [-0.05, 0) is 44.0 Å². The number of aryl methyl sites for hydroxylation is 2. The molecule has 4 heteroatoms. The molecule has 98 valence electrons. The summed E-state index contributed by atoms with van der Waals surface area (Å²) in [7, 11) is 0. The van der Waals surface area contributed by atoms with Gasteiger partial charge >= 0.3 is 0 Å². The molecule has 1 aliphatic heterocycles. The number of fused-ring (bicyclic) bond motifs is 1. The average molecular weight is 254 g/mol. The molecular weight excluding hydrogens is 236 g/mol. The van der Waals surface area contributed by atoms with Crippen LogP contribution in [0.25, 0.3) is 0 Å². The van der Waals surface area contributed by atoms with Crippen LogP contribution in [-0.2, 0) is 13.0 Å². The van der Waals surface area contributed by atoms with Crippen LogP contribution < -0.4 is 10.6 Å². The lowest BCUT2D eigenvalue weighted by Gasteiger charge is -2.21. The van der Waals surface area contributed by atoms with E-state index in [4.69, 9.17) is 0 Å². The summed E-state index contributed by atoms with van der Waals surface area (Å²) >= 11 is 0. The van der Waals surface area contributed by atoms with Crippen molar-refractivity contribution in [3.05, 3.63) is 46.9 Å². The predicted octanol–water partition coefficient (Wildman–Crippen LogP) is 2.48. The van der Waals surface area contributed by atoms with Gasteiger partial charge in [0.05, 0.1) is 11.4 Å². The Bertz CT molecular complexity index is 607. The van der Waals surface area contributed by atoms with Crippen LogP contribution in [0, 0.1) is 13.8 Å². The SMILES string of the molecule is Cc1cnc(C)c(Nc2cccc3c2CCNC3)n1. The van der Waals surface area contributed by atoms with Gasteiger partial charge in [0.2, 0.25) is 0 Å². The minimum Gasteiger partial charge on any atom is -0.338 e. The molecule has 19 heavy (non-hydrogen) atoms. The first kappa shape index (κ1) is 12.1. The van der Waals surface area contributed by atoms with Gasteiger partial charge in [-0.1, -0.05) is 12.1 Å². The molecule has 0 fully saturated rings. The maximum Gasteiger partial charge on any atom is 0.152 e. The third kappa shape index (κ3) is 2.44. The Morgan fingerprint density at radius 1 is 1.26 bits per heavy atom. The number of benzene rings is 1. The monoisotopic (exact) mass is 254 g/mol. The fraction of sp³-hybridized carbons (Fsp3) is 0.333. The Balaban J connectivity index is 1.97. The topological polar surface area (TPSA) is 49.8 Å². The molecule has 1 aromatic carbocycles. The van der Waals surface area contributed by atoms with Crippen molar-refractivity contribution in [3.8, 4) is 0 Å². The number of nitrogens with one attached hydrogen (secondary N) is 2. The van der Waals surface area contributed by atoms with Crippen molar-refractivity contribution in [2.75, 3.05) is 11.9 Å². The summed E-state index contributed by atoms with van der Waals surface area (Å²) in [5.74, 6) is 0.854.